The molecule has 1 atom stereocenters. The Kier molecular flexibility index (Phi) is 7.48. The zero-order chi connectivity index (χ0) is 15.0. The van der Waals surface area contributed by atoms with Crippen LogP contribution in [0.5, 0.6) is 0 Å². The van der Waals surface area contributed by atoms with Gasteiger partial charge in [0, 0.05) is 26.2 Å². The van der Waals surface area contributed by atoms with E-state index in [0.29, 0.717) is 6.42 Å². The van der Waals surface area contributed by atoms with E-state index in [9.17, 15) is 9.90 Å². The van der Waals surface area contributed by atoms with Crippen LogP contribution in [0.3, 0.4) is 0 Å². The summed E-state index contributed by atoms with van der Waals surface area (Å²) in [7, 11) is 2.16. The number of carboxylic acids is 1. The maximum absolute atomic E-state index is 11.4. The molecule has 1 rings (SSSR count). The minimum atomic E-state index is -0.766. The van der Waals surface area contributed by atoms with E-state index in [0.717, 1.165) is 58.5 Å². The third kappa shape index (κ3) is 5.77. The smallest absolute Gasteiger partial charge is 0.323 e. The molecule has 1 saturated heterocycles. The Labute approximate surface area is 123 Å². The highest BCUT2D eigenvalue weighted by Gasteiger charge is 2.31. The number of nitrogens with zero attached hydrogens (tertiary/aromatic N) is 2. The van der Waals surface area contributed by atoms with Gasteiger partial charge in [-0.3, -0.25) is 4.79 Å². The van der Waals surface area contributed by atoms with Crippen LogP contribution < -0.4 is 5.32 Å². The monoisotopic (exact) mass is 285 g/mol. The molecule has 0 radical (unpaired) electrons. The normalized spacial score (nSPS) is 20.8. The van der Waals surface area contributed by atoms with Crippen LogP contribution in [0.1, 0.15) is 39.5 Å². The number of rotatable bonds is 9. The standard InChI is InChI=1S/C15H31N3O2/c1-4-8-16-15(2,14(19)20)7-5-6-9-18-12-10-17(3)11-13-18/h16H,4-13H2,1-3H3,(H,19,20). The summed E-state index contributed by atoms with van der Waals surface area (Å²) in [5, 5.41) is 12.5. The minimum absolute atomic E-state index is 0.704. The summed E-state index contributed by atoms with van der Waals surface area (Å²) in [4.78, 5) is 16.2. The maximum Gasteiger partial charge on any atom is 0.323 e. The molecular weight excluding hydrogens is 254 g/mol. The first-order chi connectivity index (χ1) is 9.48. The van der Waals surface area contributed by atoms with Gasteiger partial charge in [-0.1, -0.05) is 6.92 Å². The highest BCUT2D eigenvalue weighted by atomic mass is 16.4. The summed E-state index contributed by atoms with van der Waals surface area (Å²) < 4.78 is 0. The summed E-state index contributed by atoms with van der Waals surface area (Å²) in [5.74, 6) is -0.731. The SMILES string of the molecule is CCCNC(C)(CCCCN1CCN(C)CC1)C(=O)O. The Morgan fingerprint density at radius 2 is 1.90 bits per heavy atom. The van der Waals surface area contributed by atoms with E-state index in [-0.39, 0.29) is 0 Å². The van der Waals surface area contributed by atoms with Crippen molar-refractivity contribution < 1.29 is 9.90 Å². The van der Waals surface area contributed by atoms with Gasteiger partial charge in [-0.15, -0.1) is 0 Å². The van der Waals surface area contributed by atoms with Crippen molar-refractivity contribution >= 4 is 5.97 Å². The van der Waals surface area contributed by atoms with Crippen LogP contribution in [0.15, 0.2) is 0 Å². The highest BCUT2D eigenvalue weighted by molar-refractivity contribution is 5.78. The van der Waals surface area contributed by atoms with Crippen molar-refractivity contribution in [3.63, 3.8) is 0 Å². The predicted octanol–water partition coefficient (Wildman–Crippen LogP) is 1.25. The molecule has 0 saturated carbocycles. The summed E-state index contributed by atoms with van der Waals surface area (Å²) in [6, 6.07) is 0. The summed E-state index contributed by atoms with van der Waals surface area (Å²) in [6.45, 7) is 10.3. The number of carboxylic acid groups (broad SMARTS) is 1. The fraction of sp³-hybridized carbons (Fsp3) is 0.933. The third-order valence-corrected chi connectivity index (χ3v) is 4.23. The summed E-state index contributed by atoms with van der Waals surface area (Å²) in [6.07, 6.45) is 3.71. The first-order valence-corrected chi connectivity index (χ1v) is 7.87. The van der Waals surface area contributed by atoms with Crippen molar-refractivity contribution in [1.82, 2.24) is 15.1 Å². The summed E-state index contributed by atoms with van der Waals surface area (Å²) >= 11 is 0. The van der Waals surface area contributed by atoms with E-state index in [1.165, 1.54) is 0 Å². The number of hydrogen-bond donors (Lipinski definition) is 2. The topological polar surface area (TPSA) is 55.8 Å². The molecule has 0 aromatic carbocycles. The number of carbonyl (C=O) groups is 1. The quantitative estimate of drug-likeness (QED) is 0.624. The Hall–Kier alpha value is -0.650. The lowest BCUT2D eigenvalue weighted by molar-refractivity contribution is -0.144. The molecule has 1 unspecified atom stereocenters. The molecule has 2 N–H and O–H groups in total. The lowest BCUT2D eigenvalue weighted by atomic mass is 9.94. The number of hydrogen-bond acceptors (Lipinski definition) is 4. The molecule has 1 aliphatic heterocycles. The van der Waals surface area contributed by atoms with Gasteiger partial charge in [0.25, 0.3) is 0 Å². The Morgan fingerprint density at radius 1 is 1.25 bits per heavy atom. The average Bonchev–Trinajstić information content (AvgIpc) is 2.43. The molecule has 0 aromatic rings. The number of unbranched alkanes of at least 4 members (excludes halogenated alkanes) is 1. The Balaban J connectivity index is 2.22. The molecule has 5 nitrogen and oxygen atoms in total. The first kappa shape index (κ1) is 17.4. The van der Waals surface area contributed by atoms with Gasteiger partial charge in [0.2, 0.25) is 0 Å². The lowest BCUT2D eigenvalue weighted by Gasteiger charge is -2.32. The predicted molar refractivity (Wildman–Crippen MR) is 82.1 cm³/mol. The van der Waals surface area contributed by atoms with Gasteiger partial charge in [0.1, 0.15) is 5.54 Å². The zero-order valence-electron chi connectivity index (χ0n) is 13.3. The highest BCUT2D eigenvalue weighted by Crippen LogP contribution is 2.15. The van der Waals surface area contributed by atoms with Gasteiger partial charge in [-0.25, -0.2) is 0 Å². The Morgan fingerprint density at radius 3 is 2.45 bits per heavy atom. The molecule has 0 bridgehead atoms. The molecule has 20 heavy (non-hydrogen) atoms. The van der Waals surface area contributed by atoms with Crippen LogP contribution in [-0.2, 0) is 4.79 Å². The fourth-order valence-electron chi connectivity index (χ4n) is 2.56. The van der Waals surface area contributed by atoms with Crippen LogP contribution in [0.2, 0.25) is 0 Å². The molecule has 1 fully saturated rings. The van der Waals surface area contributed by atoms with Gasteiger partial charge in [0.05, 0.1) is 0 Å². The lowest BCUT2D eigenvalue weighted by Crippen LogP contribution is -2.50. The molecular formula is C15H31N3O2. The van der Waals surface area contributed by atoms with Gasteiger partial charge in [0.15, 0.2) is 0 Å². The molecule has 0 aliphatic carbocycles. The average molecular weight is 285 g/mol. The molecule has 0 amide bonds. The second-order valence-electron chi connectivity index (χ2n) is 6.17. The number of likely N-dealkylation sites (N-methyl/N-ethyl adjacent to an activating group) is 1. The fourth-order valence-corrected chi connectivity index (χ4v) is 2.56. The number of aliphatic carboxylic acids is 1. The third-order valence-electron chi connectivity index (χ3n) is 4.23. The van der Waals surface area contributed by atoms with Gasteiger partial charge < -0.3 is 20.2 Å². The molecule has 5 heteroatoms. The maximum atomic E-state index is 11.4. The van der Waals surface area contributed by atoms with Gasteiger partial charge in [-0.05, 0) is 52.7 Å². The number of nitrogens with one attached hydrogen (secondary N) is 1. The van der Waals surface area contributed by atoms with E-state index in [2.05, 4.69) is 29.1 Å². The van der Waals surface area contributed by atoms with Crippen LogP contribution in [0.25, 0.3) is 0 Å². The van der Waals surface area contributed by atoms with Crippen molar-refractivity contribution in [3.8, 4) is 0 Å². The summed E-state index contributed by atoms with van der Waals surface area (Å²) in [5.41, 5.74) is -0.766. The molecule has 0 aromatic heterocycles. The first-order valence-electron chi connectivity index (χ1n) is 7.87. The van der Waals surface area contributed by atoms with Crippen LogP contribution in [0, 0.1) is 0 Å². The van der Waals surface area contributed by atoms with Crippen molar-refractivity contribution in [3.05, 3.63) is 0 Å². The van der Waals surface area contributed by atoms with Crippen molar-refractivity contribution in [2.75, 3.05) is 46.3 Å². The van der Waals surface area contributed by atoms with Crippen LogP contribution in [-0.4, -0.2) is 72.7 Å². The second-order valence-corrected chi connectivity index (χ2v) is 6.17. The van der Waals surface area contributed by atoms with Crippen LogP contribution >= 0.6 is 0 Å². The van der Waals surface area contributed by atoms with E-state index in [4.69, 9.17) is 0 Å². The number of piperazine rings is 1. The van der Waals surface area contributed by atoms with E-state index in [1.807, 2.05) is 0 Å². The van der Waals surface area contributed by atoms with Gasteiger partial charge >= 0.3 is 5.97 Å². The minimum Gasteiger partial charge on any atom is -0.480 e. The van der Waals surface area contributed by atoms with E-state index < -0.39 is 11.5 Å². The second kappa shape index (κ2) is 8.60. The van der Waals surface area contributed by atoms with E-state index >= 15 is 0 Å². The zero-order valence-corrected chi connectivity index (χ0v) is 13.3. The largest absolute Gasteiger partial charge is 0.480 e. The van der Waals surface area contributed by atoms with Crippen molar-refractivity contribution in [2.45, 2.75) is 45.1 Å². The molecule has 0 spiro atoms. The molecule has 1 heterocycles. The van der Waals surface area contributed by atoms with E-state index in [1.54, 1.807) is 6.92 Å². The van der Waals surface area contributed by atoms with Crippen molar-refractivity contribution in [1.29, 1.82) is 0 Å². The Bertz CT molecular complexity index is 291. The molecule has 1 aliphatic rings. The van der Waals surface area contributed by atoms with Gasteiger partial charge in [-0.2, -0.15) is 0 Å². The van der Waals surface area contributed by atoms with Crippen molar-refractivity contribution in [2.24, 2.45) is 0 Å². The van der Waals surface area contributed by atoms with Crippen LogP contribution in [0.4, 0.5) is 0 Å². The molecule has 118 valence electrons.